The van der Waals surface area contributed by atoms with Crippen molar-refractivity contribution in [3.63, 3.8) is 0 Å². The van der Waals surface area contributed by atoms with Crippen LogP contribution >= 0.6 is 24.0 Å². The summed E-state index contributed by atoms with van der Waals surface area (Å²) < 4.78 is 6.02. The van der Waals surface area contributed by atoms with E-state index in [1.807, 2.05) is 13.2 Å². The molecule has 0 amide bonds. The summed E-state index contributed by atoms with van der Waals surface area (Å²) in [5.41, 5.74) is 2.47. The number of hydrogen-bond acceptors (Lipinski definition) is 4. The highest BCUT2D eigenvalue weighted by atomic mass is 127. The number of rotatable bonds is 5. The van der Waals surface area contributed by atoms with Crippen LogP contribution in [0.4, 0.5) is 5.82 Å². The molecule has 2 fully saturated rings. The summed E-state index contributed by atoms with van der Waals surface area (Å²) in [6.07, 6.45) is 5.35. The van der Waals surface area contributed by atoms with Gasteiger partial charge in [0.1, 0.15) is 5.82 Å². The maximum absolute atomic E-state index is 6.02. The molecule has 0 bridgehead atoms. The third kappa shape index (κ3) is 6.32. The summed E-state index contributed by atoms with van der Waals surface area (Å²) in [6.45, 7) is 5.79. The average Bonchev–Trinajstić information content (AvgIpc) is 3.27. The van der Waals surface area contributed by atoms with Crippen LogP contribution in [0.1, 0.15) is 36.5 Å². The highest BCUT2D eigenvalue weighted by molar-refractivity contribution is 14.0. The van der Waals surface area contributed by atoms with Crippen LogP contribution in [0.15, 0.2) is 53.7 Å². The second-order valence-electron chi connectivity index (χ2n) is 8.30. The molecule has 0 saturated carbocycles. The van der Waals surface area contributed by atoms with Gasteiger partial charge in [0.15, 0.2) is 5.96 Å². The Morgan fingerprint density at radius 3 is 2.58 bits per heavy atom. The number of nitrogens with zero attached hydrogens (tertiary/aromatic N) is 3. The van der Waals surface area contributed by atoms with E-state index in [-0.39, 0.29) is 30.1 Å². The number of halogens is 1. The number of benzene rings is 1. The third-order valence-electron chi connectivity index (χ3n) is 6.15. The third-order valence-corrected chi connectivity index (χ3v) is 6.15. The summed E-state index contributed by atoms with van der Waals surface area (Å²) >= 11 is 0. The lowest BCUT2D eigenvalue weighted by Gasteiger charge is -2.34. The first-order valence-corrected chi connectivity index (χ1v) is 11.0. The van der Waals surface area contributed by atoms with E-state index < -0.39 is 0 Å². The van der Waals surface area contributed by atoms with E-state index in [1.54, 1.807) is 0 Å². The van der Waals surface area contributed by atoms with Crippen LogP contribution in [0.25, 0.3) is 0 Å². The van der Waals surface area contributed by atoms with Gasteiger partial charge in [-0.3, -0.25) is 4.99 Å². The number of nitrogens with one attached hydrogen (secondary N) is 2. The monoisotopic (exact) mass is 535 g/mol. The second-order valence-corrected chi connectivity index (χ2v) is 8.30. The SMILES string of the molecule is CN=C(NCC1CCOC1c1ccccc1)NC1CCN(c2ccc(C)cn2)CC1.I. The van der Waals surface area contributed by atoms with Crippen molar-refractivity contribution in [3.8, 4) is 0 Å². The van der Waals surface area contributed by atoms with Crippen LogP contribution in [-0.2, 0) is 4.74 Å². The molecular formula is C24H34IN5O. The average molecular weight is 535 g/mol. The molecular weight excluding hydrogens is 501 g/mol. The zero-order valence-corrected chi connectivity index (χ0v) is 20.8. The predicted octanol–water partition coefficient (Wildman–Crippen LogP) is 3.92. The number of pyridine rings is 1. The Hall–Kier alpha value is -1.87. The van der Waals surface area contributed by atoms with Crippen molar-refractivity contribution >= 4 is 35.8 Å². The van der Waals surface area contributed by atoms with Gasteiger partial charge in [0.05, 0.1) is 6.10 Å². The van der Waals surface area contributed by atoms with Crippen LogP contribution in [0, 0.1) is 12.8 Å². The van der Waals surface area contributed by atoms with Gasteiger partial charge in [0.25, 0.3) is 0 Å². The van der Waals surface area contributed by atoms with E-state index in [9.17, 15) is 0 Å². The number of guanidine groups is 1. The molecule has 2 saturated heterocycles. The van der Waals surface area contributed by atoms with Gasteiger partial charge in [0.2, 0.25) is 0 Å². The van der Waals surface area contributed by atoms with Crippen LogP contribution < -0.4 is 15.5 Å². The molecule has 0 spiro atoms. The van der Waals surface area contributed by atoms with Crippen LogP contribution in [0.5, 0.6) is 0 Å². The standard InChI is InChI=1S/C24H33N5O.HI/c1-18-8-9-22(26-16-18)29-13-10-21(11-14-29)28-24(25-2)27-17-20-12-15-30-23(20)19-6-4-3-5-7-19;/h3-9,16,20-21,23H,10-15,17H2,1-2H3,(H2,25,27,28);1H. The molecule has 2 aromatic rings. The lowest BCUT2D eigenvalue weighted by molar-refractivity contribution is 0.0915. The largest absolute Gasteiger partial charge is 0.373 e. The second kappa shape index (κ2) is 11.7. The van der Waals surface area contributed by atoms with Crippen molar-refractivity contribution in [3.05, 3.63) is 59.8 Å². The Morgan fingerprint density at radius 2 is 1.90 bits per heavy atom. The molecule has 3 heterocycles. The number of anilines is 1. The Kier molecular flexibility index (Phi) is 8.95. The van der Waals surface area contributed by atoms with E-state index in [4.69, 9.17) is 4.74 Å². The summed E-state index contributed by atoms with van der Waals surface area (Å²) in [6, 6.07) is 15.2. The number of ether oxygens (including phenoxy) is 1. The molecule has 0 aliphatic carbocycles. The zero-order chi connectivity index (χ0) is 20.8. The molecule has 2 aliphatic rings. The van der Waals surface area contributed by atoms with Crippen molar-refractivity contribution in [1.82, 2.24) is 15.6 Å². The minimum absolute atomic E-state index is 0. The zero-order valence-electron chi connectivity index (χ0n) is 18.5. The summed E-state index contributed by atoms with van der Waals surface area (Å²) in [5.74, 6) is 2.43. The maximum Gasteiger partial charge on any atom is 0.191 e. The number of aryl methyl sites for hydroxylation is 1. The van der Waals surface area contributed by atoms with Crippen molar-refractivity contribution in [2.75, 3.05) is 38.2 Å². The first kappa shape index (κ1) is 23.8. The number of piperidine rings is 1. The van der Waals surface area contributed by atoms with Gasteiger partial charge >= 0.3 is 0 Å². The topological polar surface area (TPSA) is 61.8 Å². The van der Waals surface area contributed by atoms with Crippen LogP contribution in [0.2, 0.25) is 0 Å². The van der Waals surface area contributed by atoms with Crippen molar-refractivity contribution in [2.24, 2.45) is 10.9 Å². The Balaban J connectivity index is 0.00000272. The van der Waals surface area contributed by atoms with Crippen LogP contribution in [0.3, 0.4) is 0 Å². The normalized spacial score (nSPS) is 22.1. The molecule has 31 heavy (non-hydrogen) atoms. The first-order chi connectivity index (χ1) is 14.7. The fourth-order valence-electron chi connectivity index (χ4n) is 4.37. The van der Waals surface area contributed by atoms with Gasteiger partial charge in [-0.1, -0.05) is 36.4 Å². The number of hydrogen-bond donors (Lipinski definition) is 2. The van der Waals surface area contributed by atoms with E-state index in [0.717, 1.165) is 57.3 Å². The maximum atomic E-state index is 6.02. The molecule has 2 N–H and O–H groups in total. The fourth-order valence-corrected chi connectivity index (χ4v) is 4.37. The molecule has 168 valence electrons. The van der Waals surface area contributed by atoms with Crippen molar-refractivity contribution in [1.29, 1.82) is 0 Å². The predicted molar refractivity (Wildman–Crippen MR) is 137 cm³/mol. The summed E-state index contributed by atoms with van der Waals surface area (Å²) in [4.78, 5) is 11.4. The van der Waals surface area contributed by atoms with Crippen molar-refractivity contribution < 1.29 is 4.74 Å². The molecule has 7 heteroatoms. The molecule has 1 aromatic carbocycles. The lowest BCUT2D eigenvalue weighted by atomic mass is 9.95. The van der Waals surface area contributed by atoms with E-state index in [2.05, 4.69) is 74.9 Å². The van der Waals surface area contributed by atoms with Gasteiger partial charge in [-0.05, 0) is 43.4 Å². The van der Waals surface area contributed by atoms with Gasteiger partial charge in [-0.15, -0.1) is 24.0 Å². The van der Waals surface area contributed by atoms with Gasteiger partial charge in [-0.2, -0.15) is 0 Å². The molecule has 0 radical (unpaired) electrons. The quantitative estimate of drug-likeness (QED) is 0.346. The highest BCUT2D eigenvalue weighted by Gasteiger charge is 2.30. The minimum atomic E-state index is 0. The smallest absolute Gasteiger partial charge is 0.191 e. The summed E-state index contributed by atoms with van der Waals surface area (Å²) in [7, 11) is 1.85. The number of aliphatic imine (C=N–C) groups is 1. The van der Waals surface area contributed by atoms with Gasteiger partial charge in [0, 0.05) is 51.4 Å². The Bertz CT molecular complexity index is 822. The van der Waals surface area contributed by atoms with E-state index in [0.29, 0.717) is 12.0 Å². The molecule has 2 unspecified atom stereocenters. The lowest BCUT2D eigenvalue weighted by Crippen LogP contribution is -2.49. The molecule has 2 aliphatic heterocycles. The highest BCUT2D eigenvalue weighted by Crippen LogP contribution is 2.33. The van der Waals surface area contributed by atoms with Gasteiger partial charge in [-0.25, -0.2) is 4.98 Å². The molecule has 6 nitrogen and oxygen atoms in total. The van der Waals surface area contributed by atoms with E-state index >= 15 is 0 Å². The van der Waals surface area contributed by atoms with Gasteiger partial charge < -0.3 is 20.3 Å². The molecule has 1 aromatic heterocycles. The number of aromatic nitrogens is 1. The Labute approximate surface area is 202 Å². The fraction of sp³-hybridized carbons (Fsp3) is 0.500. The Morgan fingerprint density at radius 1 is 1.13 bits per heavy atom. The van der Waals surface area contributed by atoms with Crippen molar-refractivity contribution in [2.45, 2.75) is 38.3 Å². The minimum Gasteiger partial charge on any atom is -0.373 e. The van der Waals surface area contributed by atoms with E-state index in [1.165, 1.54) is 11.1 Å². The summed E-state index contributed by atoms with van der Waals surface area (Å²) in [5, 5.41) is 7.16. The first-order valence-electron chi connectivity index (χ1n) is 11.0. The molecule has 2 atom stereocenters. The van der Waals surface area contributed by atoms with Crippen LogP contribution in [-0.4, -0.2) is 50.3 Å². The molecule has 4 rings (SSSR count).